The number of hydrogen-bond donors (Lipinski definition) is 0. The van der Waals surface area contributed by atoms with Crippen LogP contribution in [0.3, 0.4) is 0 Å². The number of carbonyl (C=O) groups excluding carboxylic acids is 3. The van der Waals surface area contributed by atoms with E-state index in [1.54, 1.807) is 7.05 Å². The lowest BCUT2D eigenvalue weighted by Gasteiger charge is -2.24. The minimum atomic E-state index is -1.01. The van der Waals surface area contributed by atoms with E-state index in [0.717, 1.165) is 18.4 Å². The van der Waals surface area contributed by atoms with E-state index in [0.29, 0.717) is 18.7 Å². The zero-order valence-corrected chi connectivity index (χ0v) is 14.0. The van der Waals surface area contributed by atoms with E-state index in [-0.39, 0.29) is 6.61 Å². The Bertz CT molecular complexity index is 570. The molecule has 1 aromatic rings. The lowest BCUT2D eigenvalue weighted by molar-refractivity contribution is -0.171. The molecule has 2 atom stereocenters. The van der Waals surface area contributed by atoms with Gasteiger partial charge in [-0.25, -0.2) is 9.59 Å². The largest absolute Gasteiger partial charge is 0.458 e. The second kappa shape index (κ2) is 8.47. The first-order valence-electron chi connectivity index (χ1n) is 8.09. The summed E-state index contributed by atoms with van der Waals surface area (Å²) in [6.45, 7) is 1.60. The first-order valence-corrected chi connectivity index (χ1v) is 8.09. The van der Waals surface area contributed by atoms with Crippen LogP contribution in [0.5, 0.6) is 0 Å². The van der Waals surface area contributed by atoms with Gasteiger partial charge in [0.25, 0.3) is 0 Å². The zero-order chi connectivity index (χ0) is 17.5. The molecule has 2 rings (SSSR count). The van der Waals surface area contributed by atoms with Crippen LogP contribution >= 0.6 is 0 Å². The van der Waals surface area contributed by atoms with E-state index in [2.05, 4.69) is 0 Å². The predicted octanol–water partition coefficient (Wildman–Crippen LogP) is 1.92. The second-order valence-electron chi connectivity index (χ2n) is 6.14. The zero-order valence-electron chi connectivity index (χ0n) is 14.0. The minimum absolute atomic E-state index is 0.126. The van der Waals surface area contributed by atoms with Gasteiger partial charge in [0, 0.05) is 7.05 Å². The van der Waals surface area contributed by atoms with Crippen molar-refractivity contribution in [3.05, 3.63) is 35.9 Å². The third-order valence-corrected chi connectivity index (χ3v) is 4.03. The van der Waals surface area contributed by atoms with Crippen LogP contribution < -0.4 is 0 Å². The normalized spacial score (nSPS) is 15.9. The molecule has 1 aromatic carbocycles. The van der Waals surface area contributed by atoms with Crippen LogP contribution in [0, 0.1) is 5.92 Å². The van der Waals surface area contributed by atoms with Crippen molar-refractivity contribution in [2.75, 3.05) is 7.05 Å². The summed E-state index contributed by atoms with van der Waals surface area (Å²) in [5.74, 6) is -0.725. The molecule has 0 saturated heterocycles. The summed E-state index contributed by atoms with van der Waals surface area (Å²) in [5, 5.41) is 0. The molecule has 0 spiro atoms. The van der Waals surface area contributed by atoms with Gasteiger partial charge in [-0.1, -0.05) is 43.2 Å². The van der Waals surface area contributed by atoms with Gasteiger partial charge in [0.05, 0.1) is 0 Å². The Morgan fingerprint density at radius 1 is 1.25 bits per heavy atom. The quantitative estimate of drug-likeness (QED) is 0.510. The second-order valence-corrected chi connectivity index (χ2v) is 6.14. The van der Waals surface area contributed by atoms with Gasteiger partial charge in [0.1, 0.15) is 12.6 Å². The first kappa shape index (κ1) is 18.0. The fourth-order valence-corrected chi connectivity index (χ4v) is 2.32. The van der Waals surface area contributed by atoms with E-state index in [1.807, 2.05) is 30.3 Å². The van der Waals surface area contributed by atoms with Crippen LogP contribution in [0.2, 0.25) is 0 Å². The molecule has 0 N–H and O–H groups in total. The molecule has 6 heteroatoms. The fourth-order valence-electron chi connectivity index (χ4n) is 2.32. The number of esters is 2. The summed E-state index contributed by atoms with van der Waals surface area (Å²) in [4.78, 5) is 36.5. The molecular formula is C18H23NO5. The third kappa shape index (κ3) is 5.37. The maximum absolute atomic E-state index is 12.3. The molecule has 0 radical (unpaired) electrons. The summed E-state index contributed by atoms with van der Waals surface area (Å²) in [5.41, 5.74) is 0.858. The van der Waals surface area contributed by atoms with Gasteiger partial charge < -0.3 is 14.4 Å². The van der Waals surface area contributed by atoms with E-state index >= 15 is 0 Å². The van der Waals surface area contributed by atoms with E-state index in [1.165, 1.54) is 11.8 Å². The molecule has 1 aliphatic rings. The molecule has 1 fully saturated rings. The fraction of sp³-hybridized carbons (Fsp3) is 0.500. The number of carbonyl (C=O) groups is 3. The Hall–Kier alpha value is -2.37. The Labute approximate surface area is 141 Å². The van der Waals surface area contributed by atoms with Crippen molar-refractivity contribution in [1.29, 1.82) is 0 Å². The molecule has 1 aliphatic carbocycles. The Balaban J connectivity index is 1.84. The number of nitrogens with zero attached hydrogens (tertiary/aromatic N) is 1. The average Bonchev–Trinajstić information content (AvgIpc) is 3.41. The topological polar surface area (TPSA) is 72.9 Å². The van der Waals surface area contributed by atoms with Gasteiger partial charge in [0.2, 0.25) is 6.41 Å². The lowest BCUT2D eigenvalue weighted by atomic mass is 10.1. The van der Waals surface area contributed by atoms with Crippen molar-refractivity contribution in [3.8, 4) is 0 Å². The molecule has 6 nitrogen and oxygen atoms in total. The summed E-state index contributed by atoms with van der Waals surface area (Å²) >= 11 is 0. The van der Waals surface area contributed by atoms with E-state index < -0.39 is 24.1 Å². The smallest absolute Gasteiger partial charge is 0.347 e. The molecule has 0 heterocycles. The number of rotatable bonds is 9. The van der Waals surface area contributed by atoms with Gasteiger partial charge in [-0.3, -0.25) is 4.79 Å². The summed E-state index contributed by atoms with van der Waals surface area (Å²) in [7, 11) is 1.54. The van der Waals surface area contributed by atoms with Crippen molar-refractivity contribution in [2.24, 2.45) is 5.92 Å². The predicted molar refractivity (Wildman–Crippen MR) is 86.7 cm³/mol. The van der Waals surface area contributed by atoms with Crippen molar-refractivity contribution in [1.82, 2.24) is 4.90 Å². The maximum Gasteiger partial charge on any atom is 0.347 e. The highest BCUT2D eigenvalue weighted by Gasteiger charge is 2.34. The average molecular weight is 333 g/mol. The summed E-state index contributed by atoms with van der Waals surface area (Å²) in [6, 6.07) is 8.61. The van der Waals surface area contributed by atoms with Crippen molar-refractivity contribution in [2.45, 2.75) is 44.9 Å². The standard InChI is InChI=1S/C18H23NO5/c1-13(17(21)23-11-15-6-4-3-5-7-15)24-18(22)16(19(2)12-20)10-14-8-9-14/h3-7,12-14,16H,8-11H2,1-2H3/t13-,16+/m1/s1. The summed E-state index contributed by atoms with van der Waals surface area (Å²) < 4.78 is 10.4. The van der Waals surface area contributed by atoms with Crippen LogP contribution in [0.25, 0.3) is 0 Å². The molecule has 0 unspecified atom stereocenters. The number of likely N-dealkylation sites (N-methyl/N-ethyl adjacent to an activating group) is 1. The first-order chi connectivity index (χ1) is 11.5. The van der Waals surface area contributed by atoms with Gasteiger partial charge in [-0.05, 0) is 24.8 Å². The number of benzene rings is 1. The van der Waals surface area contributed by atoms with Crippen molar-refractivity contribution >= 4 is 18.3 Å². The van der Waals surface area contributed by atoms with Crippen LogP contribution in [0.15, 0.2) is 30.3 Å². The third-order valence-electron chi connectivity index (χ3n) is 4.03. The molecule has 130 valence electrons. The molecule has 0 aliphatic heterocycles. The molecule has 1 saturated carbocycles. The van der Waals surface area contributed by atoms with E-state index in [4.69, 9.17) is 9.47 Å². The summed E-state index contributed by atoms with van der Waals surface area (Å²) in [6.07, 6.45) is 2.28. The number of amides is 1. The van der Waals surface area contributed by atoms with E-state index in [9.17, 15) is 14.4 Å². The SMILES string of the molecule is C[C@@H](OC(=O)[C@H](CC1CC1)N(C)C=O)C(=O)OCc1ccccc1. The Kier molecular flexibility index (Phi) is 6.35. The monoisotopic (exact) mass is 333 g/mol. The molecule has 0 bridgehead atoms. The Morgan fingerprint density at radius 3 is 2.50 bits per heavy atom. The van der Waals surface area contributed by atoms with Crippen molar-refractivity contribution in [3.63, 3.8) is 0 Å². The van der Waals surface area contributed by atoms with Gasteiger partial charge >= 0.3 is 11.9 Å². The lowest BCUT2D eigenvalue weighted by Crippen LogP contribution is -2.41. The van der Waals surface area contributed by atoms with Gasteiger partial charge in [-0.15, -0.1) is 0 Å². The Morgan fingerprint density at radius 2 is 1.92 bits per heavy atom. The van der Waals surface area contributed by atoms with Gasteiger partial charge in [-0.2, -0.15) is 0 Å². The molecular weight excluding hydrogens is 310 g/mol. The molecule has 0 aromatic heterocycles. The van der Waals surface area contributed by atoms with Crippen LogP contribution in [0.4, 0.5) is 0 Å². The highest BCUT2D eigenvalue weighted by atomic mass is 16.6. The van der Waals surface area contributed by atoms with Crippen molar-refractivity contribution < 1.29 is 23.9 Å². The highest BCUT2D eigenvalue weighted by Crippen LogP contribution is 2.34. The van der Waals surface area contributed by atoms with Crippen LogP contribution in [-0.2, 0) is 30.5 Å². The van der Waals surface area contributed by atoms with Crippen LogP contribution in [0.1, 0.15) is 31.7 Å². The van der Waals surface area contributed by atoms with Crippen LogP contribution in [-0.4, -0.2) is 42.4 Å². The molecule has 24 heavy (non-hydrogen) atoms. The highest BCUT2D eigenvalue weighted by molar-refractivity contribution is 5.82. The number of hydrogen-bond acceptors (Lipinski definition) is 5. The minimum Gasteiger partial charge on any atom is -0.458 e. The number of ether oxygens (including phenoxy) is 2. The van der Waals surface area contributed by atoms with Gasteiger partial charge in [0.15, 0.2) is 6.10 Å². The maximum atomic E-state index is 12.3. The molecule has 1 amide bonds.